The van der Waals surface area contributed by atoms with E-state index in [2.05, 4.69) is 33.5 Å². The highest BCUT2D eigenvalue weighted by atomic mass is 32.1. The van der Waals surface area contributed by atoms with Crippen LogP contribution in [0.3, 0.4) is 0 Å². The molecule has 1 aromatic heterocycles. The highest BCUT2D eigenvalue weighted by Gasteiger charge is 2.26. The van der Waals surface area contributed by atoms with E-state index in [0.29, 0.717) is 25.7 Å². The van der Waals surface area contributed by atoms with Crippen molar-refractivity contribution in [1.29, 1.82) is 0 Å². The van der Waals surface area contributed by atoms with E-state index < -0.39 is 0 Å². The summed E-state index contributed by atoms with van der Waals surface area (Å²) in [5, 5.41) is 5.10. The number of nitrogens with one attached hydrogen (secondary N) is 1. The van der Waals surface area contributed by atoms with Crippen LogP contribution in [0.4, 0.5) is 0 Å². The predicted octanol–water partition coefficient (Wildman–Crippen LogP) is 0.911. The van der Waals surface area contributed by atoms with Gasteiger partial charge in [-0.3, -0.25) is 19.4 Å². The van der Waals surface area contributed by atoms with Crippen LogP contribution in [0.2, 0.25) is 0 Å². The minimum Gasteiger partial charge on any atom is -0.352 e. The smallest absolute Gasteiger partial charge is 0.236 e. The first-order valence-electron chi connectivity index (χ1n) is 9.02. The summed E-state index contributed by atoms with van der Waals surface area (Å²) in [6, 6.07) is 2.52. The molecule has 138 valence electrons. The third kappa shape index (κ3) is 5.52. The molecule has 0 aromatic carbocycles. The number of aryl methyl sites for hydroxylation is 1. The molecule has 1 saturated carbocycles. The van der Waals surface area contributed by atoms with Gasteiger partial charge < -0.3 is 10.2 Å². The molecule has 0 spiro atoms. The second-order valence-electron chi connectivity index (χ2n) is 7.17. The van der Waals surface area contributed by atoms with Gasteiger partial charge in [-0.05, 0) is 36.8 Å². The van der Waals surface area contributed by atoms with Gasteiger partial charge in [-0.25, -0.2) is 0 Å². The van der Waals surface area contributed by atoms with Gasteiger partial charge in [0.2, 0.25) is 11.8 Å². The van der Waals surface area contributed by atoms with Crippen molar-refractivity contribution in [3.63, 3.8) is 0 Å². The molecule has 25 heavy (non-hydrogen) atoms. The number of likely N-dealkylation sites (N-methyl/N-ethyl adjacent to an activating group) is 1. The van der Waals surface area contributed by atoms with Crippen molar-refractivity contribution < 1.29 is 9.59 Å². The lowest BCUT2D eigenvalue weighted by Crippen LogP contribution is -2.51. The van der Waals surface area contributed by atoms with E-state index in [0.717, 1.165) is 39.0 Å². The summed E-state index contributed by atoms with van der Waals surface area (Å²) < 4.78 is 0. The molecule has 6 nitrogen and oxygen atoms in total. The van der Waals surface area contributed by atoms with Crippen LogP contribution < -0.4 is 5.32 Å². The van der Waals surface area contributed by atoms with Gasteiger partial charge in [0, 0.05) is 44.1 Å². The number of hydrogen-bond donors (Lipinski definition) is 1. The zero-order valence-corrected chi connectivity index (χ0v) is 16.0. The molecule has 0 bridgehead atoms. The lowest BCUT2D eigenvalue weighted by Gasteiger charge is -2.34. The van der Waals surface area contributed by atoms with Gasteiger partial charge in [-0.1, -0.05) is 0 Å². The molecule has 1 aromatic rings. The second kappa shape index (κ2) is 8.29. The monoisotopic (exact) mass is 364 g/mol. The quantitative estimate of drug-likeness (QED) is 0.781. The second-order valence-corrected chi connectivity index (χ2v) is 8.17. The number of carbonyl (C=O) groups excluding carboxylic acids is 2. The maximum atomic E-state index is 12.4. The van der Waals surface area contributed by atoms with Crippen LogP contribution >= 0.6 is 11.3 Å². The molecule has 0 unspecified atom stereocenters. The fourth-order valence-corrected chi connectivity index (χ4v) is 3.95. The molecule has 2 fully saturated rings. The summed E-state index contributed by atoms with van der Waals surface area (Å²) in [6.07, 6.45) is 2.25. The van der Waals surface area contributed by atoms with Gasteiger partial charge in [-0.15, -0.1) is 11.3 Å². The summed E-state index contributed by atoms with van der Waals surface area (Å²) in [5.41, 5.74) is 1.25. The Labute approximate surface area is 153 Å². The number of nitrogens with zero attached hydrogens (tertiary/aromatic N) is 3. The first-order chi connectivity index (χ1) is 12.0. The minimum atomic E-state index is 0.137. The summed E-state index contributed by atoms with van der Waals surface area (Å²) in [5.74, 6) is 0.297. The number of hydrogen-bond acceptors (Lipinski definition) is 5. The van der Waals surface area contributed by atoms with Gasteiger partial charge in [0.1, 0.15) is 0 Å². The largest absolute Gasteiger partial charge is 0.352 e. The Hall–Kier alpha value is -1.44. The van der Waals surface area contributed by atoms with E-state index in [9.17, 15) is 9.59 Å². The Kier molecular flexibility index (Phi) is 6.09. The van der Waals surface area contributed by atoms with Crippen molar-refractivity contribution in [2.24, 2.45) is 0 Å². The molecule has 2 aliphatic rings. The van der Waals surface area contributed by atoms with E-state index in [1.807, 2.05) is 11.9 Å². The average Bonchev–Trinajstić information content (AvgIpc) is 3.30. The van der Waals surface area contributed by atoms with Gasteiger partial charge in [0.05, 0.1) is 19.6 Å². The molecule has 1 N–H and O–H groups in total. The number of piperazine rings is 1. The molecular formula is C18H28N4O2S. The van der Waals surface area contributed by atoms with Gasteiger partial charge in [0.15, 0.2) is 0 Å². The SMILES string of the molecule is Cc1ccsc1CN(C)C(=O)CN1CCN(CC(=O)NC2CC2)CC1. The van der Waals surface area contributed by atoms with Crippen LogP contribution in [-0.2, 0) is 16.1 Å². The first kappa shape index (κ1) is 18.4. The average molecular weight is 365 g/mol. The third-order valence-corrected chi connectivity index (χ3v) is 5.92. The standard InChI is InChI=1S/C18H28N4O2S/c1-14-5-10-25-16(14)11-20(2)18(24)13-22-8-6-21(7-9-22)12-17(23)19-15-3-4-15/h5,10,15H,3-4,6-9,11-13H2,1-2H3,(H,19,23). The molecule has 2 amide bonds. The molecular weight excluding hydrogens is 336 g/mol. The van der Waals surface area contributed by atoms with Gasteiger partial charge >= 0.3 is 0 Å². The van der Waals surface area contributed by atoms with Crippen LogP contribution in [0.5, 0.6) is 0 Å². The van der Waals surface area contributed by atoms with Gasteiger partial charge in [-0.2, -0.15) is 0 Å². The third-order valence-electron chi connectivity index (χ3n) is 4.91. The maximum absolute atomic E-state index is 12.4. The van der Waals surface area contributed by atoms with E-state index in [1.165, 1.54) is 10.4 Å². The van der Waals surface area contributed by atoms with Crippen LogP contribution in [0.25, 0.3) is 0 Å². The molecule has 7 heteroatoms. The van der Waals surface area contributed by atoms with Crippen molar-refractivity contribution >= 4 is 23.2 Å². The summed E-state index contributed by atoms with van der Waals surface area (Å²) >= 11 is 1.70. The van der Waals surface area contributed by atoms with Crippen LogP contribution in [0.15, 0.2) is 11.4 Å². The lowest BCUT2D eigenvalue weighted by atomic mass is 10.2. The minimum absolute atomic E-state index is 0.137. The lowest BCUT2D eigenvalue weighted by molar-refractivity contribution is -0.132. The van der Waals surface area contributed by atoms with Crippen molar-refractivity contribution in [3.8, 4) is 0 Å². The van der Waals surface area contributed by atoms with Crippen LogP contribution in [0, 0.1) is 6.92 Å². The zero-order chi connectivity index (χ0) is 17.8. The maximum Gasteiger partial charge on any atom is 0.236 e. The Balaban J connectivity index is 1.36. The van der Waals surface area contributed by atoms with Crippen LogP contribution in [0.1, 0.15) is 23.3 Å². The number of rotatable bonds is 7. The zero-order valence-electron chi connectivity index (χ0n) is 15.2. The topological polar surface area (TPSA) is 55.9 Å². The van der Waals surface area contributed by atoms with E-state index in [1.54, 1.807) is 11.3 Å². The van der Waals surface area contributed by atoms with Crippen molar-refractivity contribution in [2.75, 3.05) is 46.3 Å². The Bertz CT molecular complexity index is 606. The van der Waals surface area contributed by atoms with E-state index in [-0.39, 0.29) is 11.8 Å². The Morgan fingerprint density at radius 3 is 2.40 bits per heavy atom. The Morgan fingerprint density at radius 1 is 1.20 bits per heavy atom. The molecule has 1 aliphatic heterocycles. The number of amides is 2. The first-order valence-corrected chi connectivity index (χ1v) is 9.90. The van der Waals surface area contributed by atoms with Crippen molar-refractivity contribution in [1.82, 2.24) is 20.0 Å². The summed E-state index contributed by atoms with van der Waals surface area (Å²) in [6.45, 7) is 7.09. The molecule has 2 heterocycles. The molecule has 1 aliphatic carbocycles. The fraction of sp³-hybridized carbons (Fsp3) is 0.667. The highest BCUT2D eigenvalue weighted by Crippen LogP contribution is 2.18. The van der Waals surface area contributed by atoms with Crippen molar-refractivity contribution in [3.05, 3.63) is 21.9 Å². The molecule has 0 atom stereocenters. The normalized spacial score (nSPS) is 19.0. The summed E-state index contributed by atoms with van der Waals surface area (Å²) in [4.78, 5) is 31.7. The van der Waals surface area contributed by atoms with E-state index >= 15 is 0 Å². The van der Waals surface area contributed by atoms with Crippen LogP contribution in [-0.4, -0.2) is 78.9 Å². The van der Waals surface area contributed by atoms with E-state index in [4.69, 9.17) is 0 Å². The number of thiophene rings is 1. The molecule has 1 saturated heterocycles. The number of carbonyl (C=O) groups is 2. The highest BCUT2D eigenvalue weighted by molar-refractivity contribution is 7.10. The molecule has 0 radical (unpaired) electrons. The summed E-state index contributed by atoms with van der Waals surface area (Å²) in [7, 11) is 1.87. The fourth-order valence-electron chi connectivity index (χ4n) is 2.99. The predicted molar refractivity (Wildman–Crippen MR) is 99.6 cm³/mol. The Morgan fingerprint density at radius 2 is 1.84 bits per heavy atom. The van der Waals surface area contributed by atoms with Crippen molar-refractivity contribution in [2.45, 2.75) is 32.4 Å². The molecule has 3 rings (SSSR count). The van der Waals surface area contributed by atoms with Gasteiger partial charge in [0.25, 0.3) is 0 Å².